The fourth-order valence-corrected chi connectivity index (χ4v) is 7.34. The smallest absolute Gasteiger partial charge is 0.253 e. The van der Waals surface area contributed by atoms with E-state index in [-0.39, 0.29) is 18.0 Å². The second kappa shape index (κ2) is 14.1. The van der Waals surface area contributed by atoms with Crippen molar-refractivity contribution in [3.8, 4) is 11.1 Å². The van der Waals surface area contributed by atoms with Gasteiger partial charge in [0.05, 0.1) is 5.69 Å². The van der Waals surface area contributed by atoms with Crippen LogP contribution >= 0.6 is 0 Å². The number of aromatic nitrogens is 2. The van der Waals surface area contributed by atoms with Crippen molar-refractivity contribution >= 4 is 11.6 Å². The summed E-state index contributed by atoms with van der Waals surface area (Å²) < 4.78 is 0. The second-order valence-electron chi connectivity index (χ2n) is 13.2. The number of hydrogen-bond acceptors (Lipinski definition) is 6. The Kier molecular flexibility index (Phi) is 10.2. The lowest BCUT2D eigenvalue weighted by Gasteiger charge is -2.41. The summed E-state index contributed by atoms with van der Waals surface area (Å²) in [4.78, 5) is 39.2. The first-order valence-electron chi connectivity index (χ1n) is 16.4. The van der Waals surface area contributed by atoms with Crippen LogP contribution in [0.25, 0.3) is 11.1 Å². The standard InChI is InChI=1S/C36H50N6O2/c1-7-42(31-15-23(2)14-24(3)16-31)34-19-29(28-8-9-30(38-20-28)22-41-12-10-37-11-13-41)18-32(27(34)6)35(43)39-21-33-25(4)17-26(5)40-36(33)44/h8-9,17-20,23-24,31,37H,7,10-16,21-22H2,1-6H3,(H,39,43)(H,40,44)/t23-,24-/m0/s1. The van der Waals surface area contributed by atoms with Crippen LogP contribution in [-0.2, 0) is 13.1 Å². The number of H-pyrrole nitrogens is 1. The Morgan fingerprint density at radius 1 is 1.02 bits per heavy atom. The van der Waals surface area contributed by atoms with Crippen molar-refractivity contribution in [3.05, 3.63) is 80.5 Å². The lowest BCUT2D eigenvalue weighted by molar-refractivity contribution is 0.0950. The zero-order chi connectivity index (χ0) is 31.4. The number of anilines is 1. The number of benzene rings is 1. The van der Waals surface area contributed by atoms with Crippen LogP contribution in [0.4, 0.5) is 5.69 Å². The lowest BCUT2D eigenvalue weighted by Crippen LogP contribution is -2.43. The molecule has 5 rings (SSSR count). The van der Waals surface area contributed by atoms with Crippen LogP contribution < -0.4 is 21.1 Å². The Morgan fingerprint density at radius 2 is 1.75 bits per heavy atom. The number of piperazine rings is 1. The van der Waals surface area contributed by atoms with Crippen LogP contribution in [0.5, 0.6) is 0 Å². The fourth-order valence-electron chi connectivity index (χ4n) is 7.34. The van der Waals surface area contributed by atoms with Crippen molar-refractivity contribution in [3.63, 3.8) is 0 Å². The van der Waals surface area contributed by atoms with Crippen LogP contribution in [0.1, 0.15) is 78.5 Å². The molecule has 0 bridgehead atoms. The summed E-state index contributed by atoms with van der Waals surface area (Å²) in [5.74, 6) is 1.18. The molecule has 8 heteroatoms. The third-order valence-corrected chi connectivity index (χ3v) is 9.54. The highest BCUT2D eigenvalue weighted by Gasteiger charge is 2.30. The van der Waals surface area contributed by atoms with Crippen molar-refractivity contribution in [2.75, 3.05) is 37.6 Å². The zero-order valence-corrected chi connectivity index (χ0v) is 27.4. The van der Waals surface area contributed by atoms with Gasteiger partial charge in [0, 0.05) is 86.1 Å². The van der Waals surface area contributed by atoms with Crippen molar-refractivity contribution in [2.45, 2.75) is 79.9 Å². The van der Waals surface area contributed by atoms with E-state index in [2.05, 4.69) is 71.3 Å². The van der Waals surface area contributed by atoms with Gasteiger partial charge in [-0.3, -0.25) is 19.5 Å². The molecule has 1 saturated heterocycles. The third-order valence-electron chi connectivity index (χ3n) is 9.54. The number of amides is 1. The van der Waals surface area contributed by atoms with E-state index < -0.39 is 0 Å². The minimum Gasteiger partial charge on any atom is -0.369 e. The predicted molar refractivity (Wildman–Crippen MR) is 179 cm³/mol. The summed E-state index contributed by atoms with van der Waals surface area (Å²) in [6, 6.07) is 10.9. The number of carbonyl (C=O) groups is 1. The largest absolute Gasteiger partial charge is 0.369 e. The van der Waals surface area contributed by atoms with Gasteiger partial charge in [-0.2, -0.15) is 0 Å². The van der Waals surface area contributed by atoms with E-state index in [1.807, 2.05) is 32.2 Å². The Hall–Kier alpha value is -3.49. The third kappa shape index (κ3) is 7.41. The van der Waals surface area contributed by atoms with Gasteiger partial charge in [0.25, 0.3) is 11.5 Å². The number of rotatable bonds is 9. The molecular formula is C36H50N6O2. The number of nitrogens with one attached hydrogen (secondary N) is 3. The van der Waals surface area contributed by atoms with Crippen LogP contribution in [0.3, 0.4) is 0 Å². The summed E-state index contributed by atoms with van der Waals surface area (Å²) in [6.45, 7) is 18.8. The molecule has 3 aromatic rings. The van der Waals surface area contributed by atoms with E-state index in [1.165, 1.54) is 6.42 Å². The van der Waals surface area contributed by atoms with Gasteiger partial charge in [-0.15, -0.1) is 0 Å². The molecule has 1 aliphatic carbocycles. The SMILES string of the molecule is CCN(c1cc(-c2ccc(CN3CCNCC3)nc2)cc(C(=O)NCc2c(C)cc(C)[nH]c2=O)c1C)C1C[C@@H](C)C[C@H](C)C1. The van der Waals surface area contributed by atoms with Gasteiger partial charge in [-0.05, 0) is 99.7 Å². The molecule has 2 fully saturated rings. The molecule has 236 valence electrons. The summed E-state index contributed by atoms with van der Waals surface area (Å²) in [7, 11) is 0. The molecule has 1 amide bonds. The number of hydrogen-bond donors (Lipinski definition) is 3. The summed E-state index contributed by atoms with van der Waals surface area (Å²) >= 11 is 0. The predicted octanol–water partition coefficient (Wildman–Crippen LogP) is 5.35. The Balaban J connectivity index is 1.48. The minimum absolute atomic E-state index is 0.154. The van der Waals surface area contributed by atoms with E-state index in [0.29, 0.717) is 29.0 Å². The molecule has 0 spiro atoms. The maximum atomic E-state index is 13.9. The lowest BCUT2D eigenvalue weighted by atomic mass is 9.79. The van der Waals surface area contributed by atoms with E-state index in [1.54, 1.807) is 0 Å². The molecule has 3 heterocycles. The monoisotopic (exact) mass is 598 g/mol. The molecule has 8 nitrogen and oxygen atoms in total. The molecule has 0 unspecified atom stereocenters. The van der Waals surface area contributed by atoms with Gasteiger partial charge in [-0.1, -0.05) is 19.9 Å². The molecular weight excluding hydrogens is 548 g/mol. The molecule has 1 aromatic carbocycles. The highest BCUT2D eigenvalue weighted by Crippen LogP contribution is 2.37. The molecule has 44 heavy (non-hydrogen) atoms. The molecule has 1 aliphatic heterocycles. The van der Waals surface area contributed by atoms with E-state index in [0.717, 1.165) is 91.4 Å². The van der Waals surface area contributed by atoms with Crippen molar-refractivity contribution in [2.24, 2.45) is 11.8 Å². The Labute approximate surface area is 262 Å². The Morgan fingerprint density at radius 3 is 2.39 bits per heavy atom. The molecule has 2 aliphatic rings. The molecule has 2 atom stereocenters. The topological polar surface area (TPSA) is 93.4 Å². The fraction of sp³-hybridized carbons (Fsp3) is 0.528. The number of carbonyl (C=O) groups excluding carboxylic acids is 1. The summed E-state index contributed by atoms with van der Waals surface area (Å²) in [6.07, 6.45) is 5.52. The van der Waals surface area contributed by atoms with Gasteiger partial charge in [0.2, 0.25) is 0 Å². The highest BCUT2D eigenvalue weighted by molar-refractivity contribution is 5.99. The van der Waals surface area contributed by atoms with Gasteiger partial charge < -0.3 is 20.5 Å². The van der Waals surface area contributed by atoms with Gasteiger partial charge in [-0.25, -0.2) is 0 Å². The first kappa shape index (κ1) is 31.9. The maximum Gasteiger partial charge on any atom is 0.253 e. The van der Waals surface area contributed by atoms with E-state index >= 15 is 0 Å². The summed E-state index contributed by atoms with van der Waals surface area (Å²) in [5.41, 5.74) is 7.87. The van der Waals surface area contributed by atoms with Crippen LogP contribution in [0.2, 0.25) is 0 Å². The molecule has 3 N–H and O–H groups in total. The number of nitrogens with zero attached hydrogens (tertiary/aromatic N) is 3. The first-order valence-corrected chi connectivity index (χ1v) is 16.4. The summed E-state index contributed by atoms with van der Waals surface area (Å²) in [5, 5.41) is 6.47. The molecule has 2 aromatic heterocycles. The normalized spacial score (nSPS) is 20.8. The first-order chi connectivity index (χ1) is 21.1. The maximum absolute atomic E-state index is 13.9. The van der Waals surface area contributed by atoms with Crippen molar-refractivity contribution in [1.82, 2.24) is 25.5 Å². The van der Waals surface area contributed by atoms with Crippen LogP contribution in [-0.4, -0.2) is 59.5 Å². The minimum atomic E-state index is -0.172. The highest BCUT2D eigenvalue weighted by atomic mass is 16.1. The quantitative estimate of drug-likeness (QED) is 0.308. The average molecular weight is 599 g/mol. The number of aromatic amines is 1. The van der Waals surface area contributed by atoms with Crippen LogP contribution in [0, 0.1) is 32.6 Å². The molecule has 0 radical (unpaired) electrons. The Bertz CT molecular complexity index is 1500. The van der Waals surface area contributed by atoms with E-state index in [9.17, 15) is 9.59 Å². The number of pyridine rings is 2. The zero-order valence-electron chi connectivity index (χ0n) is 27.4. The van der Waals surface area contributed by atoms with Gasteiger partial charge in [0.1, 0.15) is 0 Å². The average Bonchev–Trinajstić information content (AvgIpc) is 2.98. The second-order valence-corrected chi connectivity index (χ2v) is 13.2. The number of aryl methyl sites for hydroxylation is 2. The van der Waals surface area contributed by atoms with E-state index in [4.69, 9.17) is 4.98 Å². The van der Waals surface area contributed by atoms with Crippen molar-refractivity contribution in [1.29, 1.82) is 0 Å². The van der Waals surface area contributed by atoms with Crippen molar-refractivity contribution < 1.29 is 4.79 Å². The van der Waals surface area contributed by atoms with Crippen LogP contribution in [0.15, 0.2) is 41.3 Å². The van der Waals surface area contributed by atoms with Gasteiger partial charge >= 0.3 is 0 Å². The van der Waals surface area contributed by atoms with Gasteiger partial charge in [0.15, 0.2) is 0 Å². The molecule has 1 saturated carbocycles.